The Morgan fingerprint density at radius 1 is 0.944 bits per heavy atom. The van der Waals surface area contributed by atoms with Gasteiger partial charge in [-0.25, -0.2) is 0 Å². The molecule has 0 saturated carbocycles. The van der Waals surface area contributed by atoms with Gasteiger partial charge in [0.1, 0.15) is 6.10 Å². The van der Waals surface area contributed by atoms with Crippen LogP contribution in [0.4, 0.5) is 0 Å². The van der Waals surface area contributed by atoms with Crippen LogP contribution in [0, 0.1) is 11.8 Å². The third-order valence-electron chi connectivity index (χ3n) is 2.33. The summed E-state index contributed by atoms with van der Waals surface area (Å²) in [5, 5.41) is 10.0. The lowest BCUT2D eigenvalue weighted by Crippen LogP contribution is -1.94. The molecule has 0 heterocycles. The molecule has 3 heteroatoms. The van der Waals surface area contributed by atoms with Crippen molar-refractivity contribution in [3.63, 3.8) is 0 Å². The zero-order valence-corrected chi connectivity index (χ0v) is 12.6. The third kappa shape index (κ3) is 3.71. The van der Waals surface area contributed by atoms with Crippen LogP contribution in [0.1, 0.15) is 17.2 Å². The number of aliphatic hydroxyl groups is 1. The van der Waals surface area contributed by atoms with Crippen molar-refractivity contribution < 1.29 is 5.11 Å². The monoisotopic (exact) mass is 364 g/mol. The fourth-order valence-electron chi connectivity index (χ4n) is 1.49. The normalized spacial score (nSPS) is 11.5. The van der Waals surface area contributed by atoms with Gasteiger partial charge in [0.05, 0.1) is 0 Å². The Morgan fingerprint density at radius 2 is 1.56 bits per heavy atom. The maximum atomic E-state index is 10.0. The fraction of sp³-hybridized carbons (Fsp3) is 0.0667. The average molecular weight is 366 g/mol. The molecule has 2 rings (SSSR count). The zero-order valence-electron chi connectivity index (χ0n) is 9.40. The molecule has 90 valence electrons. The van der Waals surface area contributed by atoms with Gasteiger partial charge in [-0.1, -0.05) is 61.9 Å². The topological polar surface area (TPSA) is 20.2 Å². The Labute approximate surface area is 123 Å². The predicted octanol–water partition coefficient (Wildman–Crippen LogP) is 4.30. The molecule has 1 atom stereocenters. The molecule has 0 aromatic heterocycles. The van der Waals surface area contributed by atoms with Crippen molar-refractivity contribution in [1.29, 1.82) is 0 Å². The number of hydrogen-bond donors (Lipinski definition) is 1. The van der Waals surface area contributed by atoms with Crippen LogP contribution >= 0.6 is 31.9 Å². The van der Waals surface area contributed by atoms with E-state index in [1.165, 1.54) is 0 Å². The molecular formula is C15H10Br2O. The number of benzene rings is 2. The molecule has 0 aliphatic carbocycles. The minimum atomic E-state index is -0.793. The lowest BCUT2D eigenvalue weighted by Gasteiger charge is -2.05. The van der Waals surface area contributed by atoms with Crippen LogP contribution in [0.3, 0.4) is 0 Å². The molecule has 0 unspecified atom stereocenters. The van der Waals surface area contributed by atoms with E-state index in [2.05, 4.69) is 43.7 Å². The van der Waals surface area contributed by atoms with E-state index in [4.69, 9.17) is 0 Å². The first-order chi connectivity index (χ1) is 8.65. The Kier molecular flexibility index (Phi) is 4.60. The summed E-state index contributed by atoms with van der Waals surface area (Å²) >= 11 is 6.78. The maximum Gasteiger partial charge on any atom is 0.140 e. The first-order valence-electron chi connectivity index (χ1n) is 5.36. The van der Waals surface area contributed by atoms with Gasteiger partial charge in [-0.2, -0.15) is 0 Å². The second-order valence-corrected chi connectivity index (χ2v) is 5.57. The van der Waals surface area contributed by atoms with Crippen molar-refractivity contribution in [2.75, 3.05) is 0 Å². The van der Waals surface area contributed by atoms with Crippen molar-refractivity contribution in [1.82, 2.24) is 0 Å². The summed E-state index contributed by atoms with van der Waals surface area (Å²) in [6.45, 7) is 0. The van der Waals surface area contributed by atoms with E-state index < -0.39 is 6.10 Å². The van der Waals surface area contributed by atoms with Crippen LogP contribution in [0.2, 0.25) is 0 Å². The highest BCUT2D eigenvalue weighted by Crippen LogP contribution is 2.23. The van der Waals surface area contributed by atoms with Crippen molar-refractivity contribution in [2.45, 2.75) is 6.10 Å². The Morgan fingerprint density at radius 3 is 2.17 bits per heavy atom. The minimum Gasteiger partial charge on any atom is -0.376 e. The summed E-state index contributed by atoms with van der Waals surface area (Å²) in [5.74, 6) is 5.78. The summed E-state index contributed by atoms with van der Waals surface area (Å²) < 4.78 is 1.82. The van der Waals surface area contributed by atoms with E-state index in [9.17, 15) is 5.11 Å². The molecule has 2 aromatic rings. The second kappa shape index (κ2) is 6.19. The molecule has 1 N–H and O–H groups in total. The van der Waals surface area contributed by atoms with E-state index in [0.717, 1.165) is 20.1 Å². The molecular weight excluding hydrogens is 356 g/mol. The summed E-state index contributed by atoms with van der Waals surface area (Å²) in [7, 11) is 0. The van der Waals surface area contributed by atoms with Crippen molar-refractivity contribution in [3.8, 4) is 11.8 Å². The average Bonchev–Trinajstić information content (AvgIpc) is 2.36. The van der Waals surface area contributed by atoms with Gasteiger partial charge in [-0.05, 0) is 35.9 Å². The second-order valence-electron chi connectivity index (χ2n) is 3.74. The molecule has 0 fully saturated rings. The van der Waals surface area contributed by atoms with E-state index in [-0.39, 0.29) is 0 Å². The first kappa shape index (κ1) is 13.4. The van der Waals surface area contributed by atoms with Crippen LogP contribution in [0.5, 0.6) is 0 Å². The zero-order chi connectivity index (χ0) is 13.0. The number of hydrogen-bond acceptors (Lipinski definition) is 1. The molecule has 0 bridgehead atoms. The van der Waals surface area contributed by atoms with Gasteiger partial charge in [0.2, 0.25) is 0 Å². The van der Waals surface area contributed by atoms with Gasteiger partial charge in [0.25, 0.3) is 0 Å². The van der Waals surface area contributed by atoms with Gasteiger partial charge < -0.3 is 5.11 Å². The van der Waals surface area contributed by atoms with Crippen molar-refractivity contribution >= 4 is 31.9 Å². The summed E-state index contributed by atoms with van der Waals surface area (Å²) in [6.07, 6.45) is -0.793. The standard InChI is InChI=1S/C15H10Br2O/c16-13-8-12(9-14(17)10-13)15(18)7-6-11-4-2-1-3-5-11/h1-5,8-10,15,18H/t15-/m1/s1. The van der Waals surface area contributed by atoms with Crippen LogP contribution < -0.4 is 0 Å². The molecule has 2 aromatic carbocycles. The first-order valence-corrected chi connectivity index (χ1v) is 6.94. The molecule has 0 saturated heterocycles. The van der Waals surface area contributed by atoms with Gasteiger partial charge in [0.15, 0.2) is 0 Å². The fourth-order valence-corrected chi connectivity index (χ4v) is 2.82. The smallest absolute Gasteiger partial charge is 0.140 e. The molecule has 0 aliphatic rings. The van der Waals surface area contributed by atoms with E-state index in [0.29, 0.717) is 0 Å². The van der Waals surface area contributed by atoms with Crippen LogP contribution in [0.25, 0.3) is 0 Å². The molecule has 0 aliphatic heterocycles. The lowest BCUT2D eigenvalue weighted by atomic mass is 10.1. The quantitative estimate of drug-likeness (QED) is 0.747. The highest BCUT2D eigenvalue weighted by molar-refractivity contribution is 9.11. The maximum absolute atomic E-state index is 10.0. The molecule has 18 heavy (non-hydrogen) atoms. The summed E-state index contributed by atoms with van der Waals surface area (Å²) in [6, 6.07) is 15.2. The molecule has 0 radical (unpaired) electrons. The molecule has 1 nitrogen and oxygen atoms in total. The molecule has 0 amide bonds. The Hall–Kier alpha value is -1.08. The van der Waals surface area contributed by atoms with Gasteiger partial charge in [-0.15, -0.1) is 0 Å². The highest BCUT2D eigenvalue weighted by Gasteiger charge is 2.05. The Bertz CT molecular complexity index is 577. The number of aliphatic hydroxyl groups excluding tert-OH is 1. The number of halogens is 2. The third-order valence-corrected chi connectivity index (χ3v) is 3.24. The summed E-state index contributed by atoms with van der Waals surface area (Å²) in [4.78, 5) is 0. The van der Waals surface area contributed by atoms with Gasteiger partial charge >= 0.3 is 0 Å². The van der Waals surface area contributed by atoms with Crippen LogP contribution in [-0.4, -0.2) is 5.11 Å². The Balaban J connectivity index is 2.22. The van der Waals surface area contributed by atoms with Crippen molar-refractivity contribution in [2.24, 2.45) is 0 Å². The largest absolute Gasteiger partial charge is 0.376 e. The van der Waals surface area contributed by atoms with Gasteiger partial charge in [0, 0.05) is 14.5 Å². The number of rotatable bonds is 1. The van der Waals surface area contributed by atoms with E-state index in [1.807, 2.05) is 48.5 Å². The predicted molar refractivity (Wildman–Crippen MR) is 80.1 cm³/mol. The molecule has 0 spiro atoms. The minimum absolute atomic E-state index is 0.764. The lowest BCUT2D eigenvalue weighted by molar-refractivity contribution is 0.238. The van der Waals surface area contributed by atoms with Crippen LogP contribution in [0.15, 0.2) is 57.5 Å². The van der Waals surface area contributed by atoms with Crippen molar-refractivity contribution in [3.05, 3.63) is 68.6 Å². The van der Waals surface area contributed by atoms with E-state index >= 15 is 0 Å². The highest BCUT2D eigenvalue weighted by atomic mass is 79.9. The van der Waals surface area contributed by atoms with E-state index in [1.54, 1.807) is 0 Å². The van der Waals surface area contributed by atoms with Crippen LogP contribution in [-0.2, 0) is 0 Å². The summed E-state index contributed by atoms with van der Waals surface area (Å²) in [5.41, 5.74) is 1.66. The SMILES string of the molecule is O[C@H](C#Cc1ccccc1)c1cc(Br)cc(Br)c1. The van der Waals surface area contributed by atoms with Gasteiger partial charge in [-0.3, -0.25) is 0 Å².